The molecule has 0 radical (unpaired) electrons. The van der Waals surface area contributed by atoms with Gasteiger partial charge in [0.05, 0.1) is 6.61 Å². The van der Waals surface area contributed by atoms with Crippen LogP contribution in [0.15, 0.2) is 42.5 Å². The highest BCUT2D eigenvalue weighted by Crippen LogP contribution is 2.24. The van der Waals surface area contributed by atoms with Gasteiger partial charge < -0.3 is 9.47 Å². The summed E-state index contributed by atoms with van der Waals surface area (Å²) < 4.78 is 11.7. The average Bonchev–Trinajstić information content (AvgIpc) is 2.76. The molecule has 0 saturated carbocycles. The van der Waals surface area contributed by atoms with Crippen molar-refractivity contribution in [3.05, 3.63) is 42.5 Å². The van der Waals surface area contributed by atoms with E-state index in [1.165, 1.54) is 94.2 Å². The normalized spacial score (nSPS) is 11.2. The lowest BCUT2D eigenvalue weighted by atomic mass is 10.0. The second-order valence-corrected chi connectivity index (χ2v) is 8.18. The smallest absolute Gasteiger partial charge is 0.127 e. The molecule has 0 saturated heterocycles. The number of hydrogen-bond acceptors (Lipinski definition) is 2. The Labute approximate surface area is 179 Å². The van der Waals surface area contributed by atoms with Crippen molar-refractivity contribution in [1.29, 1.82) is 0 Å². The van der Waals surface area contributed by atoms with Gasteiger partial charge in [0.2, 0.25) is 0 Å². The van der Waals surface area contributed by atoms with Crippen LogP contribution < -0.4 is 4.74 Å². The molecule has 2 nitrogen and oxygen atoms in total. The molecule has 0 heterocycles. The fraction of sp³-hybridized carbons (Fsp3) is 0.630. The summed E-state index contributed by atoms with van der Waals surface area (Å²) in [5, 5.41) is 2.39. The summed E-state index contributed by atoms with van der Waals surface area (Å²) in [6.07, 6.45) is 18.0. The van der Waals surface area contributed by atoms with Gasteiger partial charge in [-0.3, -0.25) is 0 Å². The van der Waals surface area contributed by atoms with Crippen LogP contribution in [0.4, 0.5) is 0 Å². The van der Waals surface area contributed by atoms with Crippen LogP contribution in [0.25, 0.3) is 10.8 Å². The second-order valence-electron chi connectivity index (χ2n) is 8.18. The van der Waals surface area contributed by atoms with Gasteiger partial charge in [-0.25, -0.2) is 0 Å². The van der Waals surface area contributed by atoms with Gasteiger partial charge in [-0.05, 0) is 17.9 Å². The highest BCUT2D eigenvalue weighted by atomic mass is 16.5. The van der Waals surface area contributed by atoms with Gasteiger partial charge in [-0.1, -0.05) is 120 Å². The Kier molecular flexibility index (Phi) is 13.3. The average molecular weight is 399 g/mol. The molecule has 0 spiro atoms. The predicted molar refractivity (Wildman–Crippen MR) is 126 cm³/mol. The maximum atomic E-state index is 5.91. The third kappa shape index (κ3) is 10.7. The van der Waals surface area contributed by atoms with Crippen LogP contribution in [0, 0.1) is 0 Å². The molecule has 162 valence electrons. The van der Waals surface area contributed by atoms with Crippen LogP contribution in [0.2, 0.25) is 0 Å². The van der Waals surface area contributed by atoms with E-state index in [0.29, 0.717) is 13.2 Å². The van der Waals surface area contributed by atoms with Crippen LogP contribution in [0.5, 0.6) is 5.75 Å². The lowest BCUT2D eigenvalue weighted by molar-refractivity contribution is 0.0975. The number of rotatable bonds is 18. The minimum Gasteiger partial charge on any atom is -0.491 e. The minimum absolute atomic E-state index is 0.618. The topological polar surface area (TPSA) is 18.5 Å². The maximum Gasteiger partial charge on any atom is 0.127 e. The molecule has 0 aliphatic rings. The van der Waals surface area contributed by atoms with Gasteiger partial charge in [-0.2, -0.15) is 0 Å². The molecule has 0 aliphatic carbocycles. The molecule has 0 amide bonds. The lowest BCUT2D eigenvalue weighted by Crippen LogP contribution is -2.07. The summed E-state index contributed by atoms with van der Waals surface area (Å²) in [4.78, 5) is 0. The van der Waals surface area contributed by atoms with E-state index in [9.17, 15) is 0 Å². The Bertz CT molecular complexity index is 632. The Morgan fingerprint density at radius 1 is 0.552 bits per heavy atom. The van der Waals surface area contributed by atoms with E-state index in [1.54, 1.807) is 0 Å². The fourth-order valence-electron chi connectivity index (χ4n) is 3.86. The van der Waals surface area contributed by atoms with E-state index in [-0.39, 0.29) is 0 Å². The van der Waals surface area contributed by atoms with Gasteiger partial charge in [-0.15, -0.1) is 0 Å². The molecule has 2 heteroatoms. The van der Waals surface area contributed by atoms with Crippen LogP contribution >= 0.6 is 0 Å². The first-order chi connectivity index (χ1) is 14.4. The van der Waals surface area contributed by atoms with Gasteiger partial charge >= 0.3 is 0 Å². The van der Waals surface area contributed by atoms with Crippen molar-refractivity contribution in [2.24, 2.45) is 0 Å². The van der Waals surface area contributed by atoms with Gasteiger partial charge in [0.1, 0.15) is 12.4 Å². The zero-order valence-electron chi connectivity index (χ0n) is 18.7. The van der Waals surface area contributed by atoms with Crippen molar-refractivity contribution < 1.29 is 9.47 Å². The standard InChI is InChI=1S/C27H42O2/c1-2-3-4-5-6-7-8-9-10-11-12-13-16-22-28-23-24-29-27-21-17-19-25-18-14-15-20-26(25)27/h14-15,17-21H,2-13,16,22-24H2,1H3. The van der Waals surface area contributed by atoms with Crippen molar-refractivity contribution in [3.8, 4) is 5.75 Å². The quantitative estimate of drug-likeness (QED) is 0.235. The van der Waals surface area contributed by atoms with Gasteiger partial charge in [0.25, 0.3) is 0 Å². The van der Waals surface area contributed by atoms with E-state index < -0.39 is 0 Å². The zero-order valence-corrected chi connectivity index (χ0v) is 18.7. The molecule has 0 bridgehead atoms. The summed E-state index contributed by atoms with van der Waals surface area (Å²) >= 11 is 0. The number of ether oxygens (including phenoxy) is 2. The van der Waals surface area contributed by atoms with Crippen molar-refractivity contribution >= 4 is 10.8 Å². The van der Waals surface area contributed by atoms with Gasteiger partial charge in [0.15, 0.2) is 0 Å². The first-order valence-electron chi connectivity index (χ1n) is 12.1. The number of benzene rings is 2. The molecule has 0 aliphatic heterocycles. The van der Waals surface area contributed by atoms with Crippen molar-refractivity contribution in [3.63, 3.8) is 0 Å². The molecular weight excluding hydrogens is 356 g/mol. The van der Waals surface area contributed by atoms with Crippen LogP contribution in [-0.4, -0.2) is 19.8 Å². The predicted octanol–water partition coefficient (Wildman–Crippen LogP) is 8.33. The summed E-state index contributed by atoms with van der Waals surface area (Å²) in [6, 6.07) is 14.5. The summed E-state index contributed by atoms with van der Waals surface area (Å²) in [6.45, 7) is 4.43. The number of hydrogen-bond donors (Lipinski definition) is 0. The highest BCUT2D eigenvalue weighted by Gasteiger charge is 2.01. The Hall–Kier alpha value is -1.54. The van der Waals surface area contributed by atoms with E-state index in [4.69, 9.17) is 9.47 Å². The monoisotopic (exact) mass is 398 g/mol. The minimum atomic E-state index is 0.618. The summed E-state index contributed by atoms with van der Waals surface area (Å²) in [5.41, 5.74) is 0. The largest absolute Gasteiger partial charge is 0.491 e. The number of fused-ring (bicyclic) bond motifs is 1. The first-order valence-corrected chi connectivity index (χ1v) is 12.1. The van der Waals surface area contributed by atoms with Crippen LogP contribution in [-0.2, 0) is 4.74 Å². The zero-order chi connectivity index (χ0) is 20.4. The van der Waals surface area contributed by atoms with E-state index in [1.807, 2.05) is 12.1 Å². The Morgan fingerprint density at radius 3 is 1.83 bits per heavy atom. The molecule has 0 atom stereocenters. The molecule has 2 rings (SSSR count). The summed E-state index contributed by atoms with van der Waals surface area (Å²) in [5.74, 6) is 0.952. The first kappa shape index (κ1) is 23.7. The fourth-order valence-corrected chi connectivity index (χ4v) is 3.86. The molecule has 0 fully saturated rings. The lowest BCUT2D eigenvalue weighted by Gasteiger charge is -2.10. The third-order valence-electron chi connectivity index (χ3n) is 5.63. The van der Waals surface area contributed by atoms with Crippen LogP contribution in [0.1, 0.15) is 90.4 Å². The molecule has 29 heavy (non-hydrogen) atoms. The molecule has 2 aromatic rings. The molecule has 0 aromatic heterocycles. The molecule has 0 N–H and O–H groups in total. The van der Waals surface area contributed by atoms with Gasteiger partial charge in [0, 0.05) is 12.0 Å². The van der Waals surface area contributed by atoms with E-state index in [0.717, 1.165) is 12.4 Å². The third-order valence-corrected chi connectivity index (χ3v) is 5.63. The highest BCUT2D eigenvalue weighted by molar-refractivity contribution is 5.88. The molecular formula is C27H42O2. The SMILES string of the molecule is CCCCCCCCCCCCCCCOCCOc1cccc2ccccc12. The van der Waals surface area contributed by atoms with E-state index >= 15 is 0 Å². The molecule has 0 unspecified atom stereocenters. The Balaban J connectivity index is 1.35. The number of unbranched alkanes of at least 4 members (excludes halogenated alkanes) is 12. The second kappa shape index (κ2) is 16.3. The van der Waals surface area contributed by atoms with Crippen molar-refractivity contribution in [2.45, 2.75) is 90.4 Å². The van der Waals surface area contributed by atoms with E-state index in [2.05, 4.69) is 37.3 Å². The van der Waals surface area contributed by atoms with Crippen LogP contribution in [0.3, 0.4) is 0 Å². The maximum absolute atomic E-state index is 5.91. The van der Waals surface area contributed by atoms with Crippen molar-refractivity contribution in [1.82, 2.24) is 0 Å². The molecule has 2 aromatic carbocycles. The van der Waals surface area contributed by atoms with Crippen molar-refractivity contribution in [2.75, 3.05) is 19.8 Å². The summed E-state index contributed by atoms with van der Waals surface area (Å²) in [7, 11) is 0. The Morgan fingerprint density at radius 2 is 1.14 bits per heavy atom.